The van der Waals surface area contributed by atoms with Gasteiger partial charge in [0.1, 0.15) is 5.75 Å². The molecule has 2 nitrogen and oxygen atoms in total. The third kappa shape index (κ3) is 3.19. The highest BCUT2D eigenvalue weighted by molar-refractivity contribution is 5.69. The van der Waals surface area contributed by atoms with Crippen LogP contribution < -0.4 is 0 Å². The van der Waals surface area contributed by atoms with Crippen LogP contribution in [0.2, 0.25) is 0 Å². The number of hydrogen-bond acceptors (Lipinski definition) is 2. The highest BCUT2D eigenvalue weighted by atomic mass is 19.4. The van der Waals surface area contributed by atoms with Crippen LogP contribution in [0.1, 0.15) is 11.1 Å². The minimum atomic E-state index is -4.37. The first kappa shape index (κ1) is 13.9. The summed E-state index contributed by atoms with van der Waals surface area (Å²) in [5.41, 5.74) is 1.32. The minimum Gasteiger partial charge on any atom is -0.508 e. The largest absolute Gasteiger partial charge is 0.508 e. The summed E-state index contributed by atoms with van der Waals surface area (Å²) >= 11 is 0. The van der Waals surface area contributed by atoms with E-state index in [1.807, 2.05) is 0 Å². The van der Waals surface area contributed by atoms with Gasteiger partial charge in [0.15, 0.2) is 0 Å². The third-order valence-corrected chi connectivity index (χ3v) is 3.47. The van der Waals surface area contributed by atoms with E-state index in [2.05, 4.69) is 0 Å². The lowest BCUT2D eigenvalue weighted by molar-refractivity contribution is -0.137. The van der Waals surface area contributed by atoms with Gasteiger partial charge >= 0.3 is 6.18 Å². The van der Waals surface area contributed by atoms with Crippen LogP contribution in [0.25, 0.3) is 11.1 Å². The monoisotopic (exact) mass is 294 g/mol. The summed E-state index contributed by atoms with van der Waals surface area (Å²) in [7, 11) is 0. The summed E-state index contributed by atoms with van der Waals surface area (Å²) in [6, 6.07) is 9.92. The molecule has 1 N–H and O–H groups in total. The molecule has 1 atom stereocenters. The van der Waals surface area contributed by atoms with E-state index < -0.39 is 11.7 Å². The molecule has 110 valence electrons. The smallest absolute Gasteiger partial charge is 0.416 e. The SMILES string of the molecule is Oc1ccc(-c2cc(C(F)(F)F)ccc2CC2CO2)cc1. The van der Waals surface area contributed by atoms with Gasteiger partial charge in [-0.2, -0.15) is 13.2 Å². The molecule has 0 spiro atoms. The molecule has 3 rings (SSSR count). The van der Waals surface area contributed by atoms with E-state index in [1.54, 1.807) is 12.1 Å². The molecule has 0 bridgehead atoms. The molecule has 5 heteroatoms. The molecule has 1 aliphatic rings. The van der Waals surface area contributed by atoms with E-state index in [9.17, 15) is 18.3 Å². The second-order valence-electron chi connectivity index (χ2n) is 5.08. The number of phenols is 1. The van der Waals surface area contributed by atoms with Gasteiger partial charge in [0.05, 0.1) is 18.3 Å². The topological polar surface area (TPSA) is 32.8 Å². The Labute approximate surface area is 119 Å². The molecule has 0 amide bonds. The van der Waals surface area contributed by atoms with E-state index in [4.69, 9.17) is 4.74 Å². The molecule has 1 heterocycles. The Bertz CT molecular complexity index is 644. The molecule has 0 aliphatic carbocycles. The van der Waals surface area contributed by atoms with Gasteiger partial charge in [0.25, 0.3) is 0 Å². The molecule has 0 aromatic heterocycles. The maximum atomic E-state index is 12.9. The Kier molecular flexibility index (Phi) is 3.37. The van der Waals surface area contributed by atoms with Gasteiger partial charge in [-0.25, -0.2) is 0 Å². The minimum absolute atomic E-state index is 0.0813. The zero-order valence-electron chi connectivity index (χ0n) is 11.0. The fraction of sp³-hybridized carbons (Fsp3) is 0.250. The summed E-state index contributed by atoms with van der Waals surface area (Å²) in [4.78, 5) is 0. The summed E-state index contributed by atoms with van der Waals surface area (Å²) in [6.07, 6.45) is -3.69. The van der Waals surface area contributed by atoms with Crippen molar-refractivity contribution in [2.45, 2.75) is 18.7 Å². The predicted molar refractivity (Wildman–Crippen MR) is 72.0 cm³/mol. The first-order valence-corrected chi connectivity index (χ1v) is 6.54. The summed E-state index contributed by atoms with van der Waals surface area (Å²) < 4.78 is 43.8. The molecule has 2 aromatic rings. The van der Waals surface area contributed by atoms with E-state index in [0.717, 1.165) is 17.7 Å². The van der Waals surface area contributed by atoms with Crippen molar-refractivity contribution >= 4 is 0 Å². The van der Waals surface area contributed by atoms with E-state index in [-0.39, 0.29) is 11.9 Å². The first-order valence-electron chi connectivity index (χ1n) is 6.54. The van der Waals surface area contributed by atoms with Crippen LogP contribution >= 0.6 is 0 Å². The van der Waals surface area contributed by atoms with Gasteiger partial charge in [-0.05, 0) is 41.0 Å². The maximum absolute atomic E-state index is 12.9. The van der Waals surface area contributed by atoms with Crippen molar-refractivity contribution in [2.75, 3.05) is 6.61 Å². The number of hydrogen-bond donors (Lipinski definition) is 1. The maximum Gasteiger partial charge on any atom is 0.416 e. The molecular formula is C16H13F3O2. The second-order valence-corrected chi connectivity index (χ2v) is 5.08. The van der Waals surface area contributed by atoms with Crippen LogP contribution in [-0.4, -0.2) is 17.8 Å². The van der Waals surface area contributed by atoms with Gasteiger partial charge in [0.2, 0.25) is 0 Å². The standard InChI is InChI=1S/C16H13F3O2/c17-16(18,19)12-4-1-11(7-14-9-21-14)15(8-12)10-2-5-13(20)6-3-10/h1-6,8,14,20H,7,9H2. The van der Waals surface area contributed by atoms with Crippen molar-refractivity contribution in [3.05, 3.63) is 53.6 Å². The summed E-state index contributed by atoms with van der Waals surface area (Å²) in [5, 5.41) is 9.31. The number of benzene rings is 2. The van der Waals surface area contributed by atoms with Gasteiger partial charge in [-0.1, -0.05) is 18.2 Å². The average Bonchev–Trinajstić information content (AvgIpc) is 3.23. The first-order chi connectivity index (χ1) is 9.93. The van der Waals surface area contributed by atoms with Crippen LogP contribution in [-0.2, 0) is 17.3 Å². The molecule has 0 saturated carbocycles. The molecule has 1 unspecified atom stereocenters. The molecule has 21 heavy (non-hydrogen) atoms. The normalized spacial score (nSPS) is 17.8. The highest BCUT2D eigenvalue weighted by Gasteiger charge is 2.32. The lowest BCUT2D eigenvalue weighted by Crippen LogP contribution is -2.06. The van der Waals surface area contributed by atoms with Crippen molar-refractivity contribution in [3.8, 4) is 16.9 Å². The number of epoxide rings is 1. The Balaban J connectivity index is 2.06. The quantitative estimate of drug-likeness (QED) is 0.867. The summed E-state index contributed by atoms with van der Waals surface area (Å²) in [6.45, 7) is 0.649. The van der Waals surface area contributed by atoms with Gasteiger partial charge in [-0.15, -0.1) is 0 Å². The number of halogens is 3. The number of phenolic OH excluding ortho intramolecular Hbond substituents is 1. The third-order valence-electron chi connectivity index (χ3n) is 3.47. The molecular weight excluding hydrogens is 281 g/mol. The van der Waals surface area contributed by atoms with Crippen molar-refractivity contribution in [1.82, 2.24) is 0 Å². The zero-order chi connectivity index (χ0) is 15.0. The number of aromatic hydroxyl groups is 1. The lowest BCUT2D eigenvalue weighted by atomic mass is 9.94. The van der Waals surface area contributed by atoms with Crippen LogP contribution in [0, 0.1) is 0 Å². The van der Waals surface area contributed by atoms with Crippen LogP contribution in [0.5, 0.6) is 5.75 Å². The van der Waals surface area contributed by atoms with Crippen LogP contribution in [0.4, 0.5) is 13.2 Å². The Morgan fingerprint density at radius 3 is 2.33 bits per heavy atom. The number of alkyl halides is 3. The Morgan fingerprint density at radius 2 is 1.76 bits per heavy atom. The van der Waals surface area contributed by atoms with E-state index in [0.29, 0.717) is 24.2 Å². The average molecular weight is 294 g/mol. The second kappa shape index (κ2) is 5.07. The number of ether oxygens (including phenoxy) is 1. The van der Waals surface area contributed by atoms with E-state index >= 15 is 0 Å². The fourth-order valence-corrected chi connectivity index (χ4v) is 2.27. The van der Waals surface area contributed by atoms with Crippen LogP contribution in [0.3, 0.4) is 0 Å². The van der Waals surface area contributed by atoms with Crippen molar-refractivity contribution in [2.24, 2.45) is 0 Å². The molecule has 1 saturated heterocycles. The highest BCUT2D eigenvalue weighted by Crippen LogP contribution is 2.35. The van der Waals surface area contributed by atoms with Gasteiger partial charge in [0, 0.05) is 6.42 Å². The van der Waals surface area contributed by atoms with Crippen molar-refractivity contribution < 1.29 is 23.0 Å². The van der Waals surface area contributed by atoms with Crippen molar-refractivity contribution in [1.29, 1.82) is 0 Å². The molecule has 1 fully saturated rings. The fourth-order valence-electron chi connectivity index (χ4n) is 2.27. The van der Waals surface area contributed by atoms with Gasteiger partial charge in [-0.3, -0.25) is 0 Å². The van der Waals surface area contributed by atoms with E-state index in [1.165, 1.54) is 18.2 Å². The Hall–Kier alpha value is -2.01. The number of rotatable bonds is 3. The molecule has 1 aliphatic heterocycles. The lowest BCUT2D eigenvalue weighted by Gasteiger charge is -2.13. The van der Waals surface area contributed by atoms with Crippen LogP contribution in [0.15, 0.2) is 42.5 Å². The summed E-state index contributed by atoms with van der Waals surface area (Å²) in [5.74, 6) is 0.0813. The van der Waals surface area contributed by atoms with Crippen molar-refractivity contribution in [3.63, 3.8) is 0 Å². The van der Waals surface area contributed by atoms with Gasteiger partial charge < -0.3 is 9.84 Å². The predicted octanol–water partition coefficient (Wildman–Crippen LogP) is 4.02. The Morgan fingerprint density at radius 1 is 1.10 bits per heavy atom. The molecule has 0 radical (unpaired) electrons. The molecule has 2 aromatic carbocycles. The zero-order valence-corrected chi connectivity index (χ0v) is 11.0.